The molecule has 0 fully saturated rings. The zero-order valence-corrected chi connectivity index (χ0v) is 16.1. The van der Waals surface area contributed by atoms with Crippen molar-refractivity contribution in [1.82, 2.24) is 10.2 Å². The van der Waals surface area contributed by atoms with Crippen molar-refractivity contribution in [3.63, 3.8) is 0 Å². The van der Waals surface area contributed by atoms with Gasteiger partial charge in [-0.15, -0.1) is 12.3 Å². The molecule has 1 aromatic rings. The van der Waals surface area contributed by atoms with Crippen LogP contribution in [0.3, 0.4) is 0 Å². The topological polar surface area (TPSA) is 108 Å². The van der Waals surface area contributed by atoms with E-state index >= 15 is 0 Å². The summed E-state index contributed by atoms with van der Waals surface area (Å²) >= 11 is 0. The predicted octanol–water partition coefficient (Wildman–Crippen LogP) is 1.24. The van der Waals surface area contributed by atoms with Crippen LogP contribution in [0.25, 0.3) is 0 Å². The number of carbonyl (C=O) groups excluding carboxylic acids is 2. The molecule has 0 atom stereocenters. The summed E-state index contributed by atoms with van der Waals surface area (Å²) in [5, 5.41) is 10.7. The van der Waals surface area contributed by atoms with E-state index in [4.69, 9.17) is 6.42 Å². The third kappa shape index (κ3) is 5.62. The minimum atomic E-state index is -3.75. The Morgan fingerprint density at radius 1 is 1.19 bits per heavy atom. The van der Waals surface area contributed by atoms with E-state index in [9.17, 15) is 18.0 Å². The number of hydrogen-bond acceptors (Lipinski definition) is 6. The molecule has 0 spiro atoms. The zero-order chi connectivity index (χ0) is 20.1. The molecule has 8 nitrogen and oxygen atoms in total. The second kappa shape index (κ2) is 8.31. The lowest BCUT2D eigenvalue weighted by atomic mass is 10.0. The molecule has 2 rings (SSSR count). The summed E-state index contributed by atoms with van der Waals surface area (Å²) in [4.78, 5) is 25.0. The van der Waals surface area contributed by atoms with Crippen molar-refractivity contribution in [3.05, 3.63) is 29.8 Å². The molecule has 0 saturated heterocycles. The number of amides is 2. The van der Waals surface area contributed by atoms with E-state index < -0.39 is 27.2 Å². The molecule has 144 valence electrons. The van der Waals surface area contributed by atoms with Crippen LogP contribution in [-0.4, -0.2) is 57.2 Å². The van der Waals surface area contributed by atoms with Crippen molar-refractivity contribution in [3.8, 4) is 12.3 Å². The van der Waals surface area contributed by atoms with Crippen molar-refractivity contribution >= 4 is 21.7 Å². The first-order valence-electron chi connectivity index (χ1n) is 8.38. The van der Waals surface area contributed by atoms with E-state index in [1.165, 1.54) is 43.3 Å². The van der Waals surface area contributed by atoms with Crippen LogP contribution >= 0.6 is 0 Å². The van der Waals surface area contributed by atoms with Crippen molar-refractivity contribution in [2.75, 3.05) is 26.4 Å². The highest BCUT2D eigenvalue weighted by molar-refractivity contribution is 7.92. The summed E-state index contributed by atoms with van der Waals surface area (Å²) < 4.78 is 24.4. The van der Waals surface area contributed by atoms with E-state index in [2.05, 4.69) is 21.5 Å². The number of benzene rings is 1. The van der Waals surface area contributed by atoms with Gasteiger partial charge in [0, 0.05) is 45.5 Å². The summed E-state index contributed by atoms with van der Waals surface area (Å²) in [5.74, 6) is 1.10. The van der Waals surface area contributed by atoms with Gasteiger partial charge in [0.1, 0.15) is 5.75 Å². The van der Waals surface area contributed by atoms with Gasteiger partial charge in [-0.05, 0) is 24.3 Å². The molecule has 0 saturated carbocycles. The van der Waals surface area contributed by atoms with Crippen LogP contribution in [0.15, 0.2) is 39.4 Å². The smallest absolute Gasteiger partial charge is 0.251 e. The van der Waals surface area contributed by atoms with Crippen LogP contribution in [0.4, 0.5) is 0 Å². The van der Waals surface area contributed by atoms with Gasteiger partial charge in [-0.1, -0.05) is 0 Å². The molecular formula is C18H22N4O4S. The van der Waals surface area contributed by atoms with E-state index in [1.807, 2.05) is 0 Å². The Bertz CT molecular complexity index is 877. The fourth-order valence-corrected chi connectivity index (χ4v) is 3.64. The van der Waals surface area contributed by atoms with Crippen LogP contribution in [0, 0.1) is 12.3 Å². The molecular weight excluding hydrogens is 368 g/mol. The second-order valence-corrected chi connectivity index (χ2v) is 8.45. The van der Waals surface area contributed by atoms with Gasteiger partial charge in [0.2, 0.25) is 5.91 Å². The molecule has 0 aromatic heterocycles. The van der Waals surface area contributed by atoms with Gasteiger partial charge in [-0.25, -0.2) is 8.42 Å². The van der Waals surface area contributed by atoms with E-state index in [1.54, 1.807) is 0 Å². The third-order valence-corrected chi connectivity index (χ3v) is 5.77. The molecule has 0 radical (unpaired) electrons. The number of nitrogens with zero attached hydrogens (tertiary/aromatic N) is 3. The molecule has 1 aliphatic rings. The summed E-state index contributed by atoms with van der Waals surface area (Å²) in [6.45, 7) is 0.383. The molecule has 2 amide bonds. The molecule has 1 aliphatic heterocycles. The van der Waals surface area contributed by atoms with E-state index in [-0.39, 0.29) is 10.8 Å². The zero-order valence-electron chi connectivity index (χ0n) is 15.3. The molecule has 1 aromatic carbocycles. The molecule has 1 N–H and O–H groups in total. The average molecular weight is 390 g/mol. The van der Waals surface area contributed by atoms with E-state index in [0.717, 1.165) is 0 Å². The standard InChI is InChI=1S/C18H22N4O4S/c1-4-5-10-18(20-21-18)11-12-19-17(24)14-6-8-15(9-7-14)27(25,26)13-16(23)22(2)3/h1,6-9H,5,10-13H2,2-3H3,(H,19,24). The highest BCUT2D eigenvalue weighted by Crippen LogP contribution is 2.36. The van der Waals surface area contributed by atoms with Crippen molar-refractivity contribution in [2.24, 2.45) is 10.2 Å². The maximum atomic E-state index is 12.2. The minimum Gasteiger partial charge on any atom is -0.352 e. The Hall–Kier alpha value is -2.73. The number of carbonyl (C=O) groups is 2. The lowest BCUT2D eigenvalue weighted by Gasteiger charge is -2.11. The van der Waals surface area contributed by atoms with Gasteiger partial charge >= 0.3 is 0 Å². The Kier molecular flexibility index (Phi) is 6.33. The molecule has 9 heteroatoms. The summed E-state index contributed by atoms with van der Waals surface area (Å²) in [5.41, 5.74) is -0.133. The van der Waals surface area contributed by atoms with Gasteiger partial charge in [0.15, 0.2) is 15.5 Å². The fourth-order valence-electron chi connectivity index (χ4n) is 2.33. The Morgan fingerprint density at radius 2 is 1.81 bits per heavy atom. The SMILES string of the molecule is C#CCCC1(CCNC(=O)c2ccc(S(=O)(=O)CC(=O)N(C)C)cc2)N=N1. The first-order valence-corrected chi connectivity index (χ1v) is 10.0. The quantitative estimate of drug-likeness (QED) is 0.640. The number of hydrogen-bond donors (Lipinski definition) is 1. The first kappa shape index (κ1) is 20.6. The Balaban J connectivity index is 1.90. The van der Waals surface area contributed by atoms with Crippen LogP contribution in [-0.2, 0) is 14.6 Å². The lowest BCUT2D eigenvalue weighted by Crippen LogP contribution is -2.29. The Labute approximate surface area is 159 Å². The minimum absolute atomic E-state index is 0.00179. The maximum absolute atomic E-state index is 12.2. The lowest BCUT2D eigenvalue weighted by molar-refractivity contribution is -0.125. The summed E-state index contributed by atoms with van der Waals surface area (Å²) in [7, 11) is -0.767. The van der Waals surface area contributed by atoms with Crippen LogP contribution in [0.5, 0.6) is 0 Å². The highest BCUT2D eigenvalue weighted by Gasteiger charge is 2.38. The van der Waals surface area contributed by atoms with Gasteiger partial charge in [-0.3, -0.25) is 9.59 Å². The van der Waals surface area contributed by atoms with Crippen molar-refractivity contribution in [1.29, 1.82) is 0 Å². The largest absolute Gasteiger partial charge is 0.352 e. The van der Waals surface area contributed by atoms with Crippen LogP contribution < -0.4 is 5.32 Å². The van der Waals surface area contributed by atoms with Gasteiger partial charge in [0.25, 0.3) is 5.91 Å². The maximum Gasteiger partial charge on any atom is 0.251 e. The van der Waals surface area contributed by atoms with Crippen molar-refractivity contribution in [2.45, 2.75) is 29.8 Å². The molecule has 0 unspecified atom stereocenters. The number of sulfone groups is 1. The predicted molar refractivity (Wildman–Crippen MR) is 99.8 cm³/mol. The second-order valence-electron chi connectivity index (χ2n) is 6.46. The van der Waals surface area contributed by atoms with E-state index in [0.29, 0.717) is 31.4 Å². The molecule has 0 bridgehead atoms. The van der Waals surface area contributed by atoms with Crippen LogP contribution in [0.1, 0.15) is 29.6 Å². The molecule has 27 heavy (non-hydrogen) atoms. The Morgan fingerprint density at radius 3 is 2.33 bits per heavy atom. The van der Waals surface area contributed by atoms with Gasteiger partial charge < -0.3 is 10.2 Å². The summed E-state index contributed by atoms with van der Waals surface area (Å²) in [6, 6.07) is 5.49. The van der Waals surface area contributed by atoms with Crippen molar-refractivity contribution < 1.29 is 18.0 Å². The fraction of sp³-hybridized carbons (Fsp3) is 0.444. The highest BCUT2D eigenvalue weighted by atomic mass is 32.2. The normalized spacial score (nSPS) is 14.3. The summed E-state index contributed by atoms with van der Waals surface area (Å²) in [6.07, 6.45) is 7.04. The monoisotopic (exact) mass is 390 g/mol. The average Bonchev–Trinajstić information content (AvgIpc) is 3.39. The molecule has 1 heterocycles. The van der Waals surface area contributed by atoms with Crippen LogP contribution in [0.2, 0.25) is 0 Å². The molecule has 0 aliphatic carbocycles. The van der Waals surface area contributed by atoms with Gasteiger partial charge in [-0.2, -0.15) is 10.2 Å². The first-order chi connectivity index (χ1) is 12.7. The number of nitrogens with one attached hydrogen (secondary N) is 1. The number of terminal acetylenes is 1. The third-order valence-electron chi connectivity index (χ3n) is 4.15. The van der Waals surface area contributed by atoms with Gasteiger partial charge in [0.05, 0.1) is 4.90 Å². The number of rotatable bonds is 9.